The molecule has 0 saturated carbocycles. The predicted octanol–water partition coefficient (Wildman–Crippen LogP) is 0.324. The van der Waals surface area contributed by atoms with Crippen LogP contribution in [-0.4, -0.2) is 60.8 Å². The van der Waals surface area contributed by atoms with Gasteiger partial charge < -0.3 is 15.2 Å². The van der Waals surface area contributed by atoms with Gasteiger partial charge in [0.1, 0.15) is 0 Å². The molecule has 0 aliphatic carbocycles. The van der Waals surface area contributed by atoms with Crippen molar-refractivity contribution in [3.8, 4) is 0 Å². The summed E-state index contributed by atoms with van der Waals surface area (Å²) >= 11 is 0. The molecule has 0 unspecified atom stereocenters. The molecule has 18 heavy (non-hydrogen) atoms. The van der Waals surface area contributed by atoms with Crippen LogP contribution >= 0.6 is 0 Å². The molecule has 0 heterocycles. The highest BCUT2D eigenvalue weighted by atomic mass is 16.5. The van der Waals surface area contributed by atoms with E-state index in [2.05, 4.69) is 5.32 Å². The van der Waals surface area contributed by atoms with Crippen LogP contribution < -0.4 is 5.32 Å². The normalized spacial score (nSPS) is 11.6. The van der Waals surface area contributed by atoms with E-state index in [1.54, 1.807) is 7.11 Å². The van der Waals surface area contributed by atoms with E-state index in [0.717, 1.165) is 0 Å². The monoisotopic (exact) mass is 260 g/mol. The molecule has 0 fully saturated rings. The number of hydrogen-bond acceptors (Lipinski definition) is 4. The molecule has 0 atom stereocenters. The molecule has 0 aromatic carbocycles. The molecule has 0 aliphatic rings. The molecule has 2 N–H and O–H groups in total. The molecule has 0 bridgehead atoms. The Morgan fingerprint density at radius 3 is 2.39 bits per heavy atom. The lowest BCUT2D eigenvalue weighted by molar-refractivity contribution is -0.138. The number of carbonyl (C=O) groups is 2. The highest BCUT2D eigenvalue weighted by Crippen LogP contribution is 2.13. The van der Waals surface area contributed by atoms with E-state index in [9.17, 15) is 9.59 Å². The van der Waals surface area contributed by atoms with Gasteiger partial charge in [0.05, 0.1) is 19.6 Å². The first-order valence-corrected chi connectivity index (χ1v) is 6.00. The van der Waals surface area contributed by atoms with E-state index in [1.807, 2.05) is 25.7 Å². The Morgan fingerprint density at radius 2 is 1.94 bits per heavy atom. The zero-order chi connectivity index (χ0) is 14.2. The van der Waals surface area contributed by atoms with E-state index in [4.69, 9.17) is 9.84 Å². The van der Waals surface area contributed by atoms with Crippen LogP contribution in [0, 0.1) is 0 Å². The van der Waals surface area contributed by atoms with E-state index >= 15 is 0 Å². The molecule has 6 heteroatoms. The number of aliphatic carboxylic acids is 1. The first-order valence-electron chi connectivity index (χ1n) is 6.00. The summed E-state index contributed by atoms with van der Waals surface area (Å²) in [7, 11) is 1.57. The van der Waals surface area contributed by atoms with Crippen molar-refractivity contribution in [2.45, 2.75) is 32.7 Å². The summed E-state index contributed by atoms with van der Waals surface area (Å²) in [5, 5.41) is 11.4. The van der Waals surface area contributed by atoms with Gasteiger partial charge in [0.15, 0.2) is 0 Å². The van der Waals surface area contributed by atoms with Gasteiger partial charge in [-0.1, -0.05) is 0 Å². The van der Waals surface area contributed by atoms with Crippen molar-refractivity contribution in [1.29, 1.82) is 0 Å². The number of ether oxygens (including phenoxy) is 1. The molecule has 0 rings (SSSR count). The van der Waals surface area contributed by atoms with E-state index < -0.39 is 5.97 Å². The van der Waals surface area contributed by atoms with Gasteiger partial charge in [0, 0.05) is 25.7 Å². The minimum Gasteiger partial charge on any atom is -0.481 e. The smallest absolute Gasteiger partial charge is 0.304 e. The van der Waals surface area contributed by atoms with Crippen LogP contribution in [0.5, 0.6) is 0 Å². The maximum Gasteiger partial charge on any atom is 0.304 e. The molecule has 106 valence electrons. The van der Waals surface area contributed by atoms with Crippen molar-refractivity contribution in [3.05, 3.63) is 0 Å². The lowest BCUT2D eigenvalue weighted by Gasteiger charge is -2.34. The number of methoxy groups -OCH3 is 1. The molecular weight excluding hydrogens is 236 g/mol. The van der Waals surface area contributed by atoms with Crippen LogP contribution in [0.15, 0.2) is 0 Å². The summed E-state index contributed by atoms with van der Waals surface area (Å²) in [5.41, 5.74) is -0.242. The number of nitrogens with one attached hydrogen (secondary N) is 1. The third kappa shape index (κ3) is 8.03. The lowest BCUT2D eigenvalue weighted by Crippen LogP contribution is -2.48. The number of amides is 1. The highest BCUT2D eigenvalue weighted by molar-refractivity contribution is 5.78. The van der Waals surface area contributed by atoms with Gasteiger partial charge >= 0.3 is 5.97 Å². The van der Waals surface area contributed by atoms with Crippen LogP contribution in [0.2, 0.25) is 0 Å². The van der Waals surface area contributed by atoms with Gasteiger partial charge in [-0.2, -0.15) is 0 Å². The van der Waals surface area contributed by atoms with E-state index in [-0.39, 0.29) is 24.4 Å². The van der Waals surface area contributed by atoms with E-state index in [0.29, 0.717) is 19.7 Å². The number of rotatable bonds is 8. The van der Waals surface area contributed by atoms with Crippen LogP contribution in [0.4, 0.5) is 0 Å². The molecule has 0 radical (unpaired) electrons. The quantitative estimate of drug-likeness (QED) is 0.615. The Hall–Kier alpha value is -1.14. The summed E-state index contributed by atoms with van der Waals surface area (Å²) in [6.45, 7) is 7.35. The topological polar surface area (TPSA) is 78.9 Å². The van der Waals surface area contributed by atoms with Crippen molar-refractivity contribution in [3.63, 3.8) is 0 Å². The van der Waals surface area contributed by atoms with Crippen molar-refractivity contribution in [2.24, 2.45) is 0 Å². The summed E-state index contributed by atoms with van der Waals surface area (Å²) in [4.78, 5) is 24.1. The van der Waals surface area contributed by atoms with Gasteiger partial charge in [-0.3, -0.25) is 14.5 Å². The number of hydrogen-bond donors (Lipinski definition) is 2. The van der Waals surface area contributed by atoms with Crippen molar-refractivity contribution in [1.82, 2.24) is 10.2 Å². The average Bonchev–Trinajstić information content (AvgIpc) is 2.22. The maximum absolute atomic E-state index is 11.7. The van der Waals surface area contributed by atoms with Gasteiger partial charge in [0.2, 0.25) is 5.91 Å². The largest absolute Gasteiger partial charge is 0.481 e. The first-order chi connectivity index (χ1) is 8.27. The first kappa shape index (κ1) is 16.9. The summed E-state index contributed by atoms with van der Waals surface area (Å²) in [6, 6.07) is 0. The van der Waals surface area contributed by atoms with Gasteiger partial charge in [-0.15, -0.1) is 0 Å². The van der Waals surface area contributed by atoms with Crippen LogP contribution in [0.25, 0.3) is 0 Å². The fraction of sp³-hybridized carbons (Fsp3) is 0.833. The Morgan fingerprint density at radius 1 is 1.33 bits per heavy atom. The Balaban J connectivity index is 4.23. The molecule has 1 amide bonds. The molecule has 0 aromatic heterocycles. The van der Waals surface area contributed by atoms with E-state index in [1.165, 1.54) is 0 Å². The molecule has 6 nitrogen and oxygen atoms in total. The average molecular weight is 260 g/mol. The summed E-state index contributed by atoms with van der Waals surface area (Å²) in [6.07, 6.45) is 0.0304. The second-order valence-corrected chi connectivity index (χ2v) is 5.08. The minimum absolute atomic E-state index is 0.0304. The highest BCUT2D eigenvalue weighted by Gasteiger charge is 2.23. The van der Waals surface area contributed by atoms with Crippen molar-refractivity contribution < 1.29 is 19.4 Å². The van der Waals surface area contributed by atoms with Crippen molar-refractivity contribution >= 4 is 11.9 Å². The number of carbonyl (C=O) groups excluding carboxylic acids is 1. The van der Waals surface area contributed by atoms with Crippen LogP contribution in [0.3, 0.4) is 0 Å². The zero-order valence-electron chi connectivity index (χ0n) is 11.7. The Bertz CT molecular complexity index is 274. The fourth-order valence-corrected chi connectivity index (χ4v) is 1.40. The second kappa shape index (κ2) is 8.05. The number of carboxylic acid groups (broad SMARTS) is 1. The number of nitrogens with zero attached hydrogens (tertiary/aromatic N) is 1. The van der Waals surface area contributed by atoms with Gasteiger partial charge in [-0.25, -0.2) is 0 Å². The van der Waals surface area contributed by atoms with Gasteiger partial charge in [0.25, 0.3) is 0 Å². The van der Waals surface area contributed by atoms with Gasteiger partial charge in [-0.05, 0) is 20.8 Å². The zero-order valence-corrected chi connectivity index (χ0v) is 11.7. The fourth-order valence-electron chi connectivity index (χ4n) is 1.40. The second-order valence-electron chi connectivity index (χ2n) is 5.08. The minimum atomic E-state index is -0.857. The molecule has 0 spiro atoms. The molecule has 0 saturated heterocycles. The third-order valence-corrected chi connectivity index (χ3v) is 2.51. The SMILES string of the molecule is COCCNC(=O)CN(CCC(=O)O)C(C)(C)C. The van der Waals surface area contributed by atoms with Crippen LogP contribution in [0.1, 0.15) is 27.2 Å². The summed E-state index contributed by atoms with van der Waals surface area (Å²) < 4.78 is 4.84. The molecule has 0 aliphatic heterocycles. The lowest BCUT2D eigenvalue weighted by atomic mass is 10.1. The Labute approximate surface area is 108 Å². The maximum atomic E-state index is 11.7. The molecule has 0 aromatic rings. The standard InChI is InChI=1S/C12H24N2O4/c1-12(2,3)14(7-5-11(16)17)9-10(15)13-6-8-18-4/h5-9H2,1-4H3,(H,13,15)(H,16,17). The van der Waals surface area contributed by atoms with Crippen LogP contribution in [-0.2, 0) is 14.3 Å². The number of carboxylic acids is 1. The third-order valence-electron chi connectivity index (χ3n) is 2.51. The molecular formula is C12H24N2O4. The predicted molar refractivity (Wildman–Crippen MR) is 68.5 cm³/mol. The Kier molecular flexibility index (Phi) is 7.54. The van der Waals surface area contributed by atoms with Crippen molar-refractivity contribution in [2.75, 3.05) is 33.4 Å². The summed E-state index contributed by atoms with van der Waals surface area (Å²) in [5.74, 6) is -0.976.